The van der Waals surface area contributed by atoms with Crippen LogP contribution in [0.4, 0.5) is 0 Å². The Balaban J connectivity index is 1.53. The SMILES string of the molecule is CC1=CCC(COCCC[C@H](c2ccccc2)[C@H](NS(=O)(=O)c2ccc(OC=O)cc2)c2ccccc2)=CC1. The van der Waals surface area contributed by atoms with Gasteiger partial charge in [0.25, 0.3) is 6.47 Å². The molecule has 204 valence electrons. The van der Waals surface area contributed by atoms with Crippen molar-refractivity contribution in [1.82, 2.24) is 4.72 Å². The Kier molecular flexibility index (Phi) is 10.3. The Hall–Kier alpha value is -3.52. The molecule has 1 N–H and O–H groups in total. The number of nitrogens with one attached hydrogen (secondary N) is 1. The van der Waals surface area contributed by atoms with E-state index >= 15 is 0 Å². The lowest BCUT2D eigenvalue weighted by molar-refractivity contribution is -0.120. The van der Waals surface area contributed by atoms with Crippen molar-refractivity contribution in [2.75, 3.05) is 13.2 Å². The van der Waals surface area contributed by atoms with Crippen LogP contribution in [-0.2, 0) is 19.6 Å². The second kappa shape index (κ2) is 14.0. The summed E-state index contributed by atoms with van der Waals surface area (Å²) in [6, 6.07) is 25.0. The average molecular weight is 546 g/mol. The molecule has 39 heavy (non-hydrogen) atoms. The lowest BCUT2D eigenvalue weighted by Crippen LogP contribution is -2.33. The van der Waals surface area contributed by atoms with E-state index in [9.17, 15) is 13.2 Å². The molecule has 0 heterocycles. The van der Waals surface area contributed by atoms with Crippen molar-refractivity contribution in [2.24, 2.45) is 0 Å². The fourth-order valence-electron chi connectivity index (χ4n) is 4.76. The number of benzene rings is 3. The smallest absolute Gasteiger partial charge is 0.298 e. The molecule has 0 spiro atoms. The number of allylic oxidation sites excluding steroid dienone is 3. The predicted octanol–water partition coefficient (Wildman–Crippen LogP) is 6.49. The van der Waals surface area contributed by atoms with Gasteiger partial charge in [0, 0.05) is 12.5 Å². The van der Waals surface area contributed by atoms with E-state index in [4.69, 9.17) is 9.47 Å². The third-order valence-electron chi connectivity index (χ3n) is 6.91. The van der Waals surface area contributed by atoms with Crippen LogP contribution in [0.5, 0.6) is 5.75 Å². The van der Waals surface area contributed by atoms with E-state index in [2.05, 4.69) is 23.8 Å². The molecule has 0 aromatic heterocycles. The van der Waals surface area contributed by atoms with Crippen molar-refractivity contribution in [2.45, 2.75) is 49.5 Å². The molecule has 0 fully saturated rings. The summed E-state index contributed by atoms with van der Waals surface area (Å²) in [5.74, 6) is 0.157. The van der Waals surface area contributed by atoms with Crippen molar-refractivity contribution in [3.8, 4) is 5.75 Å². The van der Waals surface area contributed by atoms with E-state index in [1.165, 1.54) is 35.4 Å². The first kappa shape index (κ1) is 28.5. The summed E-state index contributed by atoms with van der Waals surface area (Å²) in [6.45, 7) is 3.67. The van der Waals surface area contributed by atoms with Gasteiger partial charge in [-0.1, -0.05) is 78.4 Å². The second-order valence-corrected chi connectivity index (χ2v) is 11.4. The molecule has 2 atom stereocenters. The Morgan fingerprint density at radius 1 is 0.872 bits per heavy atom. The quantitative estimate of drug-likeness (QED) is 0.142. The Labute approximate surface area is 231 Å². The zero-order valence-corrected chi connectivity index (χ0v) is 23.0. The number of carbonyl (C=O) groups excluding carboxylic acids is 1. The highest BCUT2D eigenvalue weighted by atomic mass is 32.2. The van der Waals surface area contributed by atoms with Crippen molar-refractivity contribution >= 4 is 16.5 Å². The van der Waals surface area contributed by atoms with E-state index < -0.39 is 16.1 Å². The van der Waals surface area contributed by atoms with Crippen LogP contribution in [0.25, 0.3) is 0 Å². The number of rotatable bonds is 14. The van der Waals surface area contributed by atoms with Gasteiger partial charge in [-0.25, -0.2) is 13.1 Å². The molecule has 0 radical (unpaired) electrons. The number of ether oxygens (including phenoxy) is 2. The predicted molar refractivity (Wildman–Crippen MR) is 153 cm³/mol. The molecule has 1 aliphatic carbocycles. The molecule has 3 aromatic carbocycles. The molecule has 0 aliphatic heterocycles. The van der Waals surface area contributed by atoms with Crippen molar-refractivity contribution < 1.29 is 22.7 Å². The number of hydrogen-bond donors (Lipinski definition) is 1. The van der Waals surface area contributed by atoms with Gasteiger partial charge in [-0.05, 0) is 73.6 Å². The monoisotopic (exact) mass is 545 g/mol. The first-order valence-electron chi connectivity index (χ1n) is 13.2. The van der Waals surface area contributed by atoms with Gasteiger partial charge in [0.2, 0.25) is 10.0 Å². The van der Waals surface area contributed by atoms with E-state index in [0.717, 1.165) is 36.8 Å². The molecule has 3 aromatic rings. The Morgan fingerprint density at radius 2 is 1.54 bits per heavy atom. The van der Waals surface area contributed by atoms with Gasteiger partial charge in [0.1, 0.15) is 5.75 Å². The third-order valence-corrected chi connectivity index (χ3v) is 8.36. The van der Waals surface area contributed by atoms with Crippen LogP contribution in [0, 0.1) is 0 Å². The first-order valence-corrected chi connectivity index (χ1v) is 14.7. The summed E-state index contributed by atoms with van der Waals surface area (Å²) in [5, 5.41) is 0. The van der Waals surface area contributed by atoms with Gasteiger partial charge < -0.3 is 9.47 Å². The van der Waals surface area contributed by atoms with Crippen LogP contribution in [0.1, 0.15) is 55.7 Å². The standard InChI is InChI=1S/C32H35NO5S/c1-25-14-16-26(17-15-25)23-37-22-8-13-31(27-9-4-2-5-10-27)32(28-11-6-3-7-12-28)33-39(35,36)30-20-18-29(19-21-30)38-24-34/h2-7,9-12,14,17-21,24,31-33H,8,13,15-16,22-23H2,1H3/t31-,32-/m1/s1. The van der Waals surface area contributed by atoms with Crippen LogP contribution >= 0.6 is 0 Å². The number of sulfonamides is 1. The van der Waals surface area contributed by atoms with E-state index in [-0.39, 0.29) is 16.6 Å². The van der Waals surface area contributed by atoms with Gasteiger partial charge in [-0.3, -0.25) is 4.79 Å². The lowest BCUT2D eigenvalue weighted by atomic mass is 9.84. The van der Waals surface area contributed by atoms with Crippen LogP contribution in [0.2, 0.25) is 0 Å². The maximum absolute atomic E-state index is 13.5. The lowest BCUT2D eigenvalue weighted by Gasteiger charge is -2.29. The fourth-order valence-corrected chi connectivity index (χ4v) is 6.03. The van der Waals surface area contributed by atoms with Gasteiger partial charge in [0.05, 0.1) is 17.5 Å². The minimum atomic E-state index is -3.88. The first-order chi connectivity index (χ1) is 19.0. The molecule has 4 rings (SSSR count). The molecule has 0 saturated carbocycles. The highest BCUT2D eigenvalue weighted by Gasteiger charge is 2.29. The Bertz CT molecular complexity index is 1370. The van der Waals surface area contributed by atoms with Gasteiger partial charge in [0.15, 0.2) is 0 Å². The van der Waals surface area contributed by atoms with Gasteiger partial charge in [-0.2, -0.15) is 0 Å². The largest absolute Gasteiger partial charge is 0.429 e. The molecule has 0 amide bonds. The van der Waals surface area contributed by atoms with E-state index in [1.807, 2.05) is 60.7 Å². The van der Waals surface area contributed by atoms with Crippen LogP contribution in [0.3, 0.4) is 0 Å². The Morgan fingerprint density at radius 3 is 2.15 bits per heavy atom. The zero-order chi connectivity index (χ0) is 27.5. The second-order valence-electron chi connectivity index (χ2n) is 9.73. The summed E-state index contributed by atoms with van der Waals surface area (Å²) in [4.78, 5) is 10.7. The summed E-state index contributed by atoms with van der Waals surface area (Å²) in [7, 11) is -3.88. The highest BCUT2D eigenvalue weighted by molar-refractivity contribution is 7.89. The van der Waals surface area contributed by atoms with Crippen LogP contribution in [-0.4, -0.2) is 28.1 Å². The highest BCUT2D eigenvalue weighted by Crippen LogP contribution is 2.36. The third kappa shape index (κ3) is 8.23. The van der Waals surface area contributed by atoms with Crippen molar-refractivity contribution in [1.29, 1.82) is 0 Å². The molecular formula is C32H35NO5S. The van der Waals surface area contributed by atoms with Crippen molar-refractivity contribution in [3.05, 3.63) is 119 Å². The minimum Gasteiger partial charge on any atom is -0.429 e. The van der Waals surface area contributed by atoms with Crippen LogP contribution in [0.15, 0.2) is 113 Å². The van der Waals surface area contributed by atoms with Crippen molar-refractivity contribution in [3.63, 3.8) is 0 Å². The normalized spacial score (nSPS) is 15.1. The molecule has 0 saturated heterocycles. The molecule has 6 nitrogen and oxygen atoms in total. The fraction of sp³-hybridized carbons (Fsp3) is 0.281. The number of hydrogen-bond acceptors (Lipinski definition) is 5. The molecule has 0 bridgehead atoms. The average Bonchev–Trinajstić information content (AvgIpc) is 2.96. The molecular weight excluding hydrogens is 510 g/mol. The molecule has 0 unspecified atom stereocenters. The maximum atomic E-state index is 13.5. The minimum absolute atomic E-state index is 0.0990. The van der Waals surface area contributed by atoms with Gasteiger partial charge >= 0.3 is 0 Å². The summed E-state index contributed by atoms with van der Waals surface area (Å²) < 4.78 is 40.9. The van der Waals surface area contributed by atoms with Crippen LogP contribution < -0.4 is 9.46 Å². The maximum Gasteiger partial charge on any atom is 0.298 e. The number of carbonyl (C=O) groups is 1. The molecule has 1 aliphatic rings. The van der Waals surface area contributed by atoms with E-state index in [1.54, 1.807) is 0 Å². The zero-order valence-electron chi connectivity index (χ0n) is 22.2. The summed E-state index contributed by atoms with van der Waals surface area (Å²) >= 11 is 0. The molecule has 7 heteroatoms. The van der Waals surface area contributed by atoms with E-state index in [0.29, 0.717) is 19.7 Å². The summed E-state index contributed by atoms with van der Waals surface area (Å²) in [5.41, 5.74) is 4.63. The topological polar surface area (TPSA) is 81.7 Å². The summed E-state index contributed by atoms with van der Waals surface area (Å²) in [6.07, 6.45) is 7.95. The van der Waals surface area contributed by atoms with Gasteiger partial charge in [-0.15, -0.1) is 0 Å².